The second kappa shape index (κ2) is 6.17. The van der Waals surface area contributed by atoms with Crippen LogP contribution < -0.4 is 0 Å². The predicted molar refractivity (Wildman–Crippen MR) is 80.4 cm³/mol. The van der Waals surface area contributed by atoms with E-state index in [1.807, 2.05) is 0 Å². The van der Waals surface area contributed by atoms with Crippen molar-refractivity contribution in [3.63, 3.8) is 0 Å². The van der Waals surface area contributed by atoms with Crippen molar-refractivity contribution in [2.45, 2.75) is 89.1 Å². The van der Waals surface area contributed by atoms with Crippen LogP contribution in [-0.2, 0) is 4.79 Å². The Labute approximate surface area is 123 Å². The zero-order valence-electron chi connectivity index (χ0n) is 12.8. The van der Waals surface area contributed by atoms with E-state index in [9.17, 15) is 9.90 Å². The monoisotopic (exact) mass is 278 g/mol. The van der Waals surface area contributed by atoms with Crippen molar-refractivity contribution in [2.75, 3.05) is 0 Å². The van der Waals surface area contributed by atoms with Crippen LogP contribution >= 0.6 is 0 Å². The number of hydrogen-bond acceptors (Lipinski definition) is 2. The predicted octanol–water partition coefficient (Wildman–Crippen LogP) is 4.25. The number of carbonyl (C=O) groups is 1. The summed E-state index contributed by atoms with van der Waals surface area (Å²) in [5, 5.41) is 11.3. The average molecular weight is 278 g/mol. The van der Waals surface area contributed by atoms with Crippen molar-refractivity contribution in [1.82, 2.24) is 0 Å². The Morgan fingerprint density at radius 3 is 2.05 bits per heavy atom. The van der Waals surface area contributed by atoms with Crippen LogP contribution in [0.1, 0.15) is 83.5 Å². The molecule has 0 spiro atoms. The Bertz CT molecular complexity index is 339. The van der Waals surface area contributed by atoms with Crippen LogP contribution in [0.3, 0.4) is 0 Å². The molecule has 0 aliphatic heterocycles. The third-order valence-electron chi connectivity index (χ3n) is 6.34. The topological polar surface area (TPSA) is 37.3 Å². The highest BCUT2D eigenvalue weighted by Gasteiger charge is 2.51. The quantitative estimate of drug-likeness (QED) is 0.838. The van der Waals surface area contributed by atoms with Gasteiger partial charge in [-0.1, -0.05) is 38.5 Å². The van der Waals surface area contributed by atoms with E-state index in [1.165, 1.54) is 38.5 Å². The third kappa shape index (κ3) is 2.68. The van der Waals surface area contributed by atoms with Crippen LogP contribution in [0.4, 0.5) is 0 Å². The smallest absolute Gasteiger partial charge is 0.141 e. The number of hydrogen-bond donors (Lipinski definition) is 1. The summed E-state index contributed by atoms with van der Waals surface area (Å²) in [6.07, 6.45) is 14.8. The minimum Gasteiger partial charge on any atom is -0.389 e. The lowest BCUT2D eigenvalue weighted by atomic mass is 9.68. The summed E-state index contributed by atoms with van der Waals surface area (Å²) in [6, 6.07) is 0. The molecule has 0 aromatic carbocycles. The molecule has 114 valence electrons. The Morgan fingerprint density at radius 1 is 0.800 bits per heavy atom. The summed E-state index contributed by atoms with van der Waals surface area (Å²) in [4.78, 5) is 12.9. The fourth-order valence-electron chi connectivity index (χ4n) is 5.16. The molecular weight excluding hydrogens is 248 g/mol. The van der Waals surface area contributed by atoms with Crippen molar-refractivity contribution >= 4 is 5.78 Å². The number of aliphatic hydroxyl groups is 1. The Balaban J connectivity index is 1.71. The first kappa shape index (κ1) is 14.6. The summed E-state index contributed by atoms with van der Waals surface area (Å²) in [6.45, 7) is 0. The highest BCUT2D eigenvalue weighted by Crippen LogP contribution is 2.48. The van der Waals surface area contributed by atoms with Crippen molar-refractivity contribution in [2.24, 2.45) is 17.8 Å². The van der Waals surface area contributed by atoms with Gasteiger partial charge in [0.2, 0.25) is 0 Å². The molecule has 3 saturated carbocycles. The summed E-state index contributed by atoms with van der Waals surface area (Å²) in [7, 11) is 0. The van der Waals surface area contributed by atoms with E-state index >= 15 is 0 Å². The van der Waals surface area contributed by atoms with Crippen molar-refractivity contribution in [1.29, 1.82) is 0 Å². The van der Waals surface area contributed by atoms with Gasteiger partial charge in [-0.15, -0.1) is 0 Å². The van der Waals surface area contributed by atoms with E-state index in [1.54, 1.807) is 0 Å². The van der Waals surface area contributed by atoms with Gasteiger partial charge in [-0.25, -0.2) is 0 Å². The minimum atomic E-state index is -0.644. The fraction of sp³-hybridized carbons (Fsp3) is 0.944. The van der Waals surface area contributed by atoms with Gasteiger partial charge in [-0.05, 0) is 50.9 Å². The van der Waals surface area contributed by atoms with Crippen LogP contribution in [0.15, 0.2) is 0 Å². The molecule has 3 fully saturated rings. The Kier molecular flexibility index (Phi) is 4.49. The molecule has 2 heteroatoms. The molecule has 0 radical (unpaired) electrons. The van der Waals surface area contributed by atoms with E-state index in [4.69, 9.17) is 0 Å². The first-order valence-electron chi connectivity index (χ1n) is 8.98. The molecule has 0 aromatic heterocycles. The summed E-state index contributed by atoms with van der Waals surface area (Å²) in [5.74, 6) is 1.06. The highest BCUT2D eigenvalue weighted by molar-refractivity contribution is 5.85. The molecule has 0 saturated heterocycles. The first-order valence-corrected chi connectivity index (χ1v) is 8.98. The van der Waals surface area contributed by atoms with E-state index in [2.05, 4.69) is 0 Å². The standard InChI is InChI=1S/C18H30O2/c19-17(14-8-3-1-4-9-14)16-12-7-13-18(16,20)15-10-5-2-6-11-15/h14-16,20H,1-13H2/t16-,18+/m1/s1. The Morgan fingerprint density at radius 2 is 1.40 bits per heavy atom. The van der Waals surface area contributed by atoms with Crippen molar-refractivity contribution in [3.8, 4) is 0 Å². The van der Waals surface area contributed by atoms with Gasteiger partial charge >= 0.3 is 0 Å². The SMILES string of the molecule is O=C(C1CCCCC1)[C@H]1CCC[C@]1(O)C1CCCCC1. The normalized spacial score (nSPS) is 37.1. The van der Waals surface area contributed by atoms with Crippen LogP contribution in [0.2, 0.25) is 0 Å². The lowest BCUT2D eigenvalue weighted by Crippen LogP contribution is -2.47. The molecule has 0 unspecified atom stereocenters. The van der Waals surface area contributed by atoms with Crippen LogP contribution in [0, 0.1) is 17.8 Å². The van der Waals surface area contributed by atoms with Crippen molar-refractivity contribution < 1.29 is 9.90 Å². The number of ketones is 1. The Hall–Kier alpha value is -0.370. The largest absolute Gasteiger partial charge is 0.389 e. The molecule has 3 rings (SSSR count). The van der Waals surface area contributed by atoms with Gasteiger partial charge in [-0.3, -0.25) is 4.79 Å². The van der Waals surface area contributed by atoms with E-state index in [0.717, 1.165) is 44.9 Å². The van der Waals surface area contributed by atoms with E-state index in [0.29, 0.717) is 11.7 Å². The van der Waals surface area contributed by atoms with Gasteiger partial charge in [0.05, 0.1) is 5.60 Å². The van der Waals surface area contributed by atoms with E-state index < -0.39 is 5.60 Å². The zero-order valence-corrected chi connectivity index (χ0v) is 12.8. The first-order chi connectivity index (χ1) is 9.72. The summed E-state index contributed by atoms with van der Waals surface area (Å²) >= 11 is 0. The molecule has 0 heterocycles. The molecule has 2 atom stereocenters. The van der Waals surface area contributed by atoms with Crippen LogP contribution in [-0.4, -0.2) is 16.5 Å². The maximum absolute atomic E-state index is 12.9. The van der Waals surface area contributed by atoms with Crippen LogP contribution in [0.5, 0.6) is 0 Å². The fourth-order valence-corrected chi connectivity index (χ4v) is 5.16. The summed E-state index contributed by atoms with van der Waals surface area (Å²) < 4.78 is 0. The van der Waals surface area contributed by atoms with Gasteiger partial charge < -0.3 is 5.11 Å². The second-order valence-corrected chi connectivity index (χ2v) is 7.51. The maximum Gasteiger partial charge on any atom is 0.141 e. The van der Waals surface area contributed by atoms with E-state index in [-0.39, 0.29) is 11.8 Å². The highest BCUT2D eigenvalue weighted by atomic mass is 16.3. The summed E-state index contributed by atoms with van der Waals surface area (Å²) in [5.41, 5.74) is -0.644. The number of rotatable bonds is 3. The number of carbonyl (C=O) groups excluding carboxylic acids is 1. The van der Waals surface area contributed by atoms with Gasteiger partial charge in [0.15, 0.2) is 0 Å². The number of Topliss-reactive ketones (excluding diaryl/α,β-unsaturated/α-hetero) is 1. The minimum absolute atomic E-state index is 0.0336. The average Bonchev–Trinajstić information content (AvgIpc) is 2.91. The van der Waals surface area contributed by atoms with Gasteiger partial charge in [0.25, 0.3) is 0 Å². The zero-order chi connectivity index (χ0) is 14.0. The molecule has 3 aliphatic carbocycles. The van der Waals surface area contributed by atoms with Gasteiger partial charge in [0, 0.05) is 11.8 Å². The lowest BCUT2D eigenvalue weighted by Gasteiger charge is -2.40. The molecule has 1 N–H and O–H groups in total. The molecule has 0 amide bonds. The molecule has 3 aliphatic rings. The van der Waals surface area contributed by atoms with Gasteiger partial charge in [0.1, 0.15) is 5.78 Å². The van der Waals surface area contributed by atoms with Crippen molar-refractivity contribution in [3.05, 3.63) is 0 Å². The molecule has 0 bridgehead atoms. The molecule has 0 aromatic rings. The molecule has 2 nitrogen and oxygen atoms in total. The third-order valence-corrected chi connectivity index (χ3v) is 6.34. The maximum atomic E-state index is 12.9. The second-order valence-electron chi connectivity index (χ2n) is 7.51. The molecular formula is C18H30O2. The van der Waals surface area contributed by atoms with Gasteiger partial charge in [-0.2, -0.15) is 0 Å². The van der Waals surface area contributed by atoms with Crippen LogP contribution in [0.25, 0.3) is 0 Å². The lowest BCUT2D eigenvalue weighted by molar-refractivity contribution is -0.140. The molecule has 20 heavy (non-hydrogen) atoms.